The second-order valence-electron chi connectivity index (χ2n) is 12.7. The van der Waals surface area contributed by atoms with Crippen molar-refractivity contribution in [2.45, 2.75) is 76.2 Å². The molecule has 12 heteroatoms. The van der Waals surface area contributed by atoms with Crippen LogP contribution in [0.2, 0.25) is 0 Å². The molecule has 2 aliphatic heterocycles. The van der Waals surface area contributed by atoms with Crippen LogP contribution in [-0.4, -0.2) is 46.8 Å². The van der Waals surface area contributed by atoms with E-state index in [1.54, 1.807) is 18.5 Å². The first-order valence-corrected chi connectivity index (χ1v) is 16.7. The minimum Gasteiger partial charge on any atom is -0.320 e. The topological polar surface area (TPSA) is 104 Å². The first-order valence-electron chi connectivity index (χ1n) is 14.8. The lowest BCUT2D eigenvalue weighted by molar-refractivity contribution is -0.138. The average molecular weight is 618 g/mol. The van der Waals surface area contributed by atoms with Crippen LogP contribution in [0.25, 0.3) is 0 Å². The molecule has 1 amide bonds. The predicted molar refractivity (Wildman–Crippen MR) is 160 cm³/mol. The number of fused-ring (bicyclic) bond motifs is 1. The SMILES string of the molecule is Cn1cnnc1C(CC1CCS(O)(O)CC1)c1cccc(N2Cc3c(cc(CNC4(C)CCC4)cc3C(F)(F)F)C2=O)c1. The van der Waals surface area contributed by atoms with E-state index >= 15 is 0 Å². The molecule has 1 aliphatic carbocycles. The highest BCUT2D eigenvalue weighted by Crippen LogP contribution is 2.48. The Kier molecular flexibility index (Phi) is 7.85. The van der Waals surface area contributed by atoms with Crippen molar-refractivity contribution in [3.63, 3.8) is 0 Å². The molecule has 0 radical (unpaired) electrons. The van der Waals surface area contributed by atoms with Gasteiger partial charge in [-0.05, 0) is 92.3 Å². The van der Waals surface area contributed by atoms with Crippen molar-refractivity contribution in [3.8, 4) is 0 Å². The number of hydrogen-bond acceptors (Lipinski definition) is 6. The van der Waals surface area contributed by atoms with Crippen LogP contribution in [-0.2, 0) is 26.3 Å². The smallest absolute Gasteiger partial charge is 0.320 e. The molecule has 2 aromatic carbocycles. The van der Waals surface area contributed by atoms with Gasteiger partial charge in [-0.25, -0.2) is 0 Å². The summed E-state index contributed by atoms with van der Waals surface area (Å²) in [5.41, 5.74) is 1.13. The van der Waals surface area contributed by atoms with Gasteiger partial charge >= 0.3 is 6.18 Å². The molecule has 3 aromatic rings. The maximum atomic E-state index is 14.3. The van der Waals surface area contributed by atoms with Crippen molar-refractivity contribution in [1.29, 1.82) is 0 Å². The van der Waals surface area contributed by atoms with E-state index in [1.165, 1.54) is 11.0 Å². The Labute approximate surface area is 251 Å². The zero-order valence-electron chi connectivity index (χ0n) is 24.4. The van der Waals surface area contributed by atoms with Crippen LogP contribution in [0.4, 0.5) is 18.9 Å². The number of alkyl halides is 3. The summed E-state index contributed by atoms with van der Waals surface area (Å²) in [6.45, 7) is 2.18. The molecule has 232 valence electrons. The Morgan fingerprint density at radius 3 is 2.53 bits per heavy atom. The lowest BCUT2D eigenvalue weighted by Gasteiger charge is -2.40. The third-order valence-electron chi connectivity index (χ3n) is 9.50. The van der Waals surface area contributed by atoms with Crippen LogP contribution in [0.15, 0.2) is 42.7 Å². The molecule has 1 saturated carbocycles. The number of halogens is 3. The van der Waals surface area contributed by atoms with Crippen LogP contribution in [0.5, 0.6) is 0 Å². The summed E-state index contributed by atoms with van der Waals surface area (Å²) in [6, 6.07) is 10.2. The third kappa shape index (κ3) is 6.20. The minimum absolute atomic E-state index is 0.00700. The van der Waals surface area contributed by atoms with Crippen LogP contribution < -0.4 is 10.2 Å². The fraction of sp³-hybridized carbons (Fsp3) is 0.516. The van der Waals surface area contributed by atoms with Gasteiger partial charge in [-0.15, -0.1) is 10.2 Å². The van der Waals surface area contributed by atoms with Crippen molar-refractivity contribution >= 4 is 22.2 Å². The zero-order chi connectivity index (χ0) is 30.6. The number of nitrogens with one attached hydrogen (secondary N) is 1. The van der Waals surface area contributed by atoms with E-state index in [2.05, 4.69) is 22.4 Å². The molecule has 8 nitrogen and oxygen atoms in total. The maximum Gasteiger partial charge on any atom is 0.416 e. The van der Waals surface area contributed by atoms with E-state index in [0.29, 0.717) is 42.0 Å². The predicted octanol–water partition coefficient (Wildman–Crippen LogP) is 6.71. The number of anilines is 1. The molecule has 3 aliphatic rings. The van der Waals surface area contributed by atoms with E-state index in [0.717, 1.165) is 30.7 Å². The average Bonchev–Trinajstić information content (AvgIpc) is 3.52. The van der Waals surface area contributed by atoms with Gasteiger partial charge in [-0.3, -0.25) is 13.9 Å². The summed E-state index contributed by atoms with van der Waals surface area (Å²) in [4.78, 5) is 15.1. The first kappa shape index (κ1) is 30.1. The molecule has 0 bridgehead atoms. The van der Waals surface area contributed by atoms with Gasteiger partial charge in [-0.1, -0.05) is 12.1 Å². The molecule has 0 spiro atoms. The van der Waals surface area contributed by atoms with Gasteiger partial charge in [0, 0.05) is 47.8 Å². The Balaban J connectivity index is 1.29. The highest BCUT2D eigenvalue weighted by molar-refractivity contribution is 8.24. The van der Waals surface area contributed by atoms with E-state index < -0.39 is 28.2 Å². The zero-order valence-corrected chi connectivity index (χ0v) is 25.2. The van der Waals surface area contributed by atoms with Gasteiger partial charge in [-0.2, -0.15) is 23.8 Å². The normalized spacial score (nSPS) is 21.4. The number of aryl methyl sites for hydroxylation is 1. The highest BCUT2D eigenvalue weighted by Gasteiger charge is 2.41. The Morgan fingerprint density at radius 2 is 1.91 bits per heavy atom. The number of rotatable bonds is 8. The summed E-state index contributed by atoms with van der Waals surface area (Å²) in [5, 5.41) is 11.8. The summed E-state index contributed by atoms with van der Waals surface area (Å²) in [6.07, 6.45) is 2.17. The van der Waals surface area contributed by atoms with E-state index in [-0.39, 0.29) is 41.6 Å². The Bertz CT molecular complexity index is 1510. The van der Waals surface area contributed by atoms with Crippen molar-refractivity contribution in [3.05, 3.63) is 76.4 Å². The monoisotopic (exact) mass is 617 g/mol. The second kappa shape index (κ2) is 11.2. The number of hydrogen-bond donors (Lipinski definition) is 3. The van der Waals surface area contributed by atoms with Crippen molar-refractivity contribution in [2.75, 3.05) is 16.4 Å². The van der Waals surface area contributed by atoms with Gasteiger partial charge in [0.15, 0.2) is 0 Å². The summed E-state index contributed by atoms with van der Waals surface area (Å²) >= 11 is 0. The molecule has 6 rings (SSSR count). The van der Waals surface area contributed by atoms with Crippen LogP contribution in [0, 0.1) is 5.92 Å². The van der Waals surface area contributed by atoms with E-state index in [9.17, 15) is 27.1 Å². The summed E-state index contributed by atoms with van der Waals surface area (Å²) in [5.74, 6) is 1.11. The third-order valence-corrected chi connectivity index (χ3v) is 11.3. The van der Waals surface area contributed by atoms with Gasteiger partial charge in [0.05, 0.1) is 12.1 Å². The fourth-order valence-corrected chi connectivity index (χ4v) is 8.29. The number of carbonyl (C=O) groups excluding carboxylic acids is 1. The molecule has 2 fully saturated rings. The molecule has 1 atom stereocenters. The molecule has 1 unspecified atom stereocenters. The number of aromatic nitrogens is 3. The van der Waals surface area contributed by atoms with Gasteiger partial charge < -0.3 is 14.8 Å². The van der Waals surface area contributed by atoms with Gasteiger partial charge in [0.2, 0.25) is 0 Å². The lowest BCUT2D eigenvalue weighted by atomic mass is 9.78. The van der Waals surface area contributed by atoms with Gasteiger partial charge in [0.1, 0.15) is 12.2 Å². The number of benzene rings is 2. The van der Waals surface area contributed by atoms with Crippen LogP contribution >= 0.6 is 10.6 Å². The summed E-state index contributed by atoms with van der Waals surface area (Å²) in [7, 11) is -0.655. The molecule has 3 N–H and O–H groups in total. The Hall–Kier alpha value is -2.93. The number of nitrogens with zero attached hydrogens (tertiary/aromatic N) is 4. The number of carbonyl (C=O) groups is 1. The molecule has 3 heterocycles. The fourth-order valence-electron chi connectivity index (χ4n) is 6.66. The quantitative estimate of drug-likeness (QED) is 0.260. The lowest BCUT2D eigenvalue weighted by Crippen LogP contribution is -2.47. The van der Waals surface area contributed by atoms with Crippen molar-refractivity contribution < 1.29 is 27.1 Å². The largest absolute Gasteiger partial charge is 0.416 e. The van der Waals surface area contributed by atoms with E-state index in [1.807, 2.05) is 29.8 Å². The van der Waals surface area contributed by atoms with Crippen LogP contribution in [0.1, 0.15) is 89.8 Å². The molecule has 1 saturated heterocycles. The minimum atomic E-state index is -4.59. The summed E-state index contributed by atoms with van der Waals surface area (Å²) < 4.78 is 64.9. The molecule has 1 aromatic heterocycles. The van der Waals surface area contributed by atoms with Crippen molar-refractivity contribution in [1.82, 2.24) is 20.1 Å². The first-order chi connectivity index (χ1) is 20.3. The second-order valence-corrected chi connectivity index (χ2v) is 15.1. The van der Waals surface area contributed by atoms with Crippen molar-refractivity contribution in [2.24, 2.45) is 13.0 Å². The molecule has 43 heavy (non-hydrogen) atoms. The standard InChI is InChI=1S/C31H38F3N5O3S/c1-30(9-4-10-30)35-17-21-14-25-26(27(15-21)31(32,33)34)18-39(29(25)40)23-6-3-5-22(16-23)24(28-37-36-19-38(28)2)13-20-7-11-43(41,42)12-8-20/h3,5-6,14-16,19-20,24,35,41-42H,4,7-13,17-18H2,1-2H3. The Morgan fingerprint density at radius 1 is 1.16 bits per heavy atom. The molecular weight excluding hydrogens is 579 g/mol. The van der Waals surface area contributed by atoms with E-state index in [4.69, 9.17) is 0 Å². The maximum absolute atomic E-state index is 14.3. The number of amides is 1. The van der Waals surface area contributed by atoms with Gasteiger partial charge in [0.25, 0.3) is 5.91 Å². The molecular formula is C31H38F3N5O3S. The highest BCUT2D eigenvalue weighted by atomic mass is 32.3. The van der Waals surface area contributed by atoms with Crippen LogP contribution in [0.3, 0.4) is 0 Å².